The number of nitrogens with zero attached hydrogens (tertiary/aromatic N) is 3. The molecule has 0 fully saturated rings. The van der Waals surface area contributed by atoms with E-state index in [1.165, 1.54) is 0 Å². The van der Waals surface area contributed by atoms with Gasteiger partial charge in [0.1, 0.15) is 6.04 Å². The molecule has 0 unspecified atom stereocenters. The molecule has 0 N–H and O–H groups in total. The highest BCUT2D eigenvalue weighted by Gasteiger charge is 2.35. The Kier molecular flexibility index (Phi) is 2.58. The first kappa shape index (κ1) is 10.9. The van der Waals surface area contributed by atoms with Gasteiger partial charge in [0, 0.05) is 19.3 Å². The molecule has 1 aromatic heterocycles. The van der Waals surface area contributed by atoms with Crippen molar-refractivity contribution in [3.05, 3.63) is 18.3 Å². The lowest BCUT2D eigenvalue weighted by molar-refractivity contribution is -0.119. The molecular formula is C12H17N3O. The molecule has 0 spiro atoms. The SMILES string of the molecule is CC(C)N1c2ncccc2N(C)C(=O)[C@H]1C. The Morgan fingerprint density at radius 1 is 1.44 bits per heavy atom. The number of hydrogen-bond acceptors (Lipinski definition) is 3. The highest BCUT2D eigenvalue weighted by molar-refractivity contribution is 6.04. The first-order valence-corrected chi connectivity index (χ1v) is 5.55. The van der Waals surface area contributed by atoms with Crippen molar-refractivity contribution >= 4 is 17.4 Å². The van der Waals surface area contributed by atoms with Gasteiger partial charge in [0.05, 0.1) is 5.69 Å². The Bertz CT molecular complexity index is 416. The summed E-state index contributed by atoms with van der Waals surface area (Å²) in [5, 5.41) is 0. The maximum Gasteiger partial charge on any atom is 0.249 e. The van der Waals surface area contributed by atoms with Gasteiger partial charge >= 0.3 is 0 Å². The Balaban J connectivity index is 2.56. The quantitative estimate of drug-likeness (QED) is 0.720. The van der Waals surface area contributed by atoms with Crippen LogP contribution in [0.15, 0.2) is 18.3 Å². The summed E-state index contributed by atoms with van der Waals surface area (Å²) < 4.78 is 0. The fraction of sp³-hybridized carbons (Fsp3) is 0.500. The van der Waals surface area contributed by atoms with Crippen molar-refractivity contribution in [1.82, 2.24) is 4.98 Å². The number of hydrogen-bond donors (Lipinski definition) is 0. The molecule has 0 radical (unpaired) electrons. The van der Waals surface area contributed by atoms with Gasteiger partial charge in [-0.05, 0) is 32.9 Å². The van der Waals surface area contributed by atoms with E-state index in [9.17, 15) is 4.79 Å². The fourth-order valence-corrected chi connectivity index (χ4v) is 2.24. The molecule has 16 heavy (non-hydrogen) atoms. The molecule has 0 bridgehead atoms. The van der Waals surface area contributed by atoms with Crippen LogP contribution < -0.4 is 9.80 Å². The van der Waals surface area contributed by atoms with E-state index in [2.05, 4.69) is 23.7 Å². The average Bonchev–Trinajstić information content (AvgIpc) is 2.26. The largest absolute Gasteiger partial charge is 0.341 e. The Morgan fingerprint density at radius 3 is 2.75 bits per heavy atom. The first-order valence-electron chi connectivity index (χ1n) is 5.55. The summed E-state index contributed by atoms with van der Waals surface area (Å²) in [4.78, 5) is 20.2. The molecule has 0 saturated heterocycles. The number of aromatic nitrogens is 1. The molecule has 1 aliphatic heterocycles. The van der Waals surface area contributed by atoms with E-state index in [1.807, 2.05) is 19.1 Å². The van der Waals surface area contributed by atoms with Crippen molar-refractivity contribution in [3.8, 4) is 0 Å². The van der Waals surface area contributed by atoms with Crippen molar-refractivity contribution in [2.45, 2.75) is 32.9 Å². The number of fused-ring (bicyclic) bond motifs is 1. The Labute approximate surface area is 95.9 Å². The lowest BCUT2D eigenvalue weighted by Gasteiger charge is -2.41. The molecule has 0 aromatic carbocycles. The zero-order valence-electron chi connectivity index (χ0n) is 10.1. The summed E-state index contributed by atoms with van der Waals surface area (Å²) in [6.07, 6.45) is 1.77. The van der Waals surface area contributed by atoms with E-state index in [1.54, 1.807) is 18.1 Å². The first-order chi connectivity index (χ1) is 7.54. The van der Waals surface area contributed by atoms with Gasteiger partial charge in [-0.2, -0.15) is 0 Å². The average molecular weight is 219 g/mol. The number of pyridine rings is 1. The summed E-state index contributed by atoms with van der Waals surface area (Å²) in [7, 11) is 1.80. The molecule has 1 aliphatic rings. The second-order valence-electron chi connectivity index (χ2n) is 4.42. The topological polar surface area (TPSA) is 36.4 Å². The van der Waals surface area contributed by atoms with Crippen LogP contribution in [-0.2, 0) is 4.79 Å². The zero-order chi connectivity index (χ0) is 11.9. The van der Waals surface area contributed by atoms with Gasteiger partial charge in [0.2, 0.25) is 5.91 Å². The molecule has 2 rings (SSSR count). The Hall–Kier alpha value is -1.58. The van der Waals surface area contributed by atoms with Gasteiger partial charge < -0.3 is 9.80 Å². The van der Waals surface area contributed by atoms with Crippen molar-refractivity contribution < 1.29 is 4.79 Å². The van der Waals surface area contributed by atoms with Crippen LogP contribution in [0, 0.1) is 0 Å². The number of rotatable bonds is 1. The maximum atomic E-state index is 12.1. The third-order valence-electron chi connectivity index (χ3n) is 3.03. The van der Waals surface area contributed by atoms with Crippen LogP contribution in [-0.4, -0.2) is 30.0 Å². The number of anilines is 2. The van der Waals surface area contributed by atoms with Gasteiger partial charge in [-0.25, -0.2) is 4.98 Å². The van der Waals surface area contributed by atoms with Gasteiger partial charge in [-0.1, -0.05) is 0 Å². The highest BCUT2D eigenvalue weighted by atomic mass is 16.2. The smallest absolute Gasteiger partial charge is 0.249 e. The minimum atomic E-state index is -0.146. The van der Waals surface area contributed by atoms with Crippen LogP contribution >= 0.6 is 0 Å². The van der Waals surface area contributed by atoms with Crippen LogP contribution in [0.5, 0.6) is 0 Å². The molecular weight excluding hydrogens is 202 g/mol. The molecule has 0 saturated carbocycles. The van der Waals surface area contributed by atoms with Gasteiger partial charge in [-0.3, -0.25) is 4.79 Å². The van der Waals surface area contributed by atoms with E-state index in [-0.39, 0.29) is 18.0 Å². The Morgan fingerprint density at radius 2 is 2.12 bits per heavy atom. The van der Waals surface area contributed by atoms with E-state index < -0.39 is 0 Å². The van der Waals surface area contributed by atoms with Crippen molar-refractivity contribution in [3.63, 3.8) is 0 Å². The van der Waals surface area contributed by atoms with Gasteiger partial charge in [0.15, 0.2) is 5.82 Å². The third kappa shape index (κ3) is 1.45. The van der Waals surface area contributed by atoms with Gasteiger partial charge in [-0.15, -0.1) is 0 Å². The van der Waals surface area contributed by atoms with Crippen LogP contribution in [0.25, 0.3) is 0 Å². The van der Waals surface area contributed by atoms with Crippen LogP contribution in [0.4, 0.5) is 11.5 Å². The lowest BCUT2D eigenvalue weighted by atomic mass is 10.1. The summed E-state index contributed by atoms with van der Waals surface area (Å²) >= 11 is 0. The molecule has 86 valence electrons. The normalized spacial score (nSPS) is 20.3. The van der Waals surface area contributed by atoms with Crippen molar-refractivity contribution in [2.24, 2.45) is 0 Å². The predicted molar refractivity (Wildman–Crippen MR) is 64.7 cm³/mol. The second kappa shape index (κ2) is 3.77. The summed E-state index contributed by atoms with van der Waals surface area (Å²) in [5.41, 5.74) is 0.888. The van der Waals surface area contributed by atoms with Crippen molar-refractivity contribution in [1.29, 1.82) is 0 Å². The molecule has 1 atom stereocenters. The molecule has 1 amide bonds. The lowest BCUT2D eigenvalue weighted by Crippen LogP contribution is -2.53. The highest BCUT2D eigenvalue weighted by Crippen LogP contribution is 2.33. The van der Waals surface area contributed by atoms with Crippen LogP contribution in [0.1, 0.15) is 20.8 Å². The molecule has 4 nitrogen and oxygen atoms in total. The zero-order valence-corrected chi connectivity index (χ0v) is 10.1. The van der Waals surface area contributed by atoms with E-state index >= 15 is 0 Å². The van der Waals surface area contributed by atoms with E-state index in [0.29, 0.717) is 0 Å². The standard InChI is InChI=1S/C12H17N3O/c1-8(2)15-9(3)12(16)14(4)10-6-5-7-13-11(10)15/h5-9H,1-4H3/t9-/m1/s1. The summed E-state index contributed by atoms with van der Waals surface area (Å²) in [6, 6.07) is 3.91. The van der Waals surface area contributed by atoms with Gasteiger partial charge in [0.25, 0.3) is 0 Å². The summed E-state index contributed by atoms with van der Waals surface area (Å²) in [6.45, 7) is 6.08. The molecule has 1 aromatic rings. The maximum absolute atomic E-state index is 12.1. The number of amides is 1. The minimum absolute atomic E-state index is 0.120. The minimum Gasteiger partial charge on any atom is -0.341 e. The number of carbonyl (C=O) groups excluding carboxylic acids is 1. The fourth-order valence-electron chi connectivity index (χ4n) is 2.24. The summed E-state index contributed by atoms with van der Waals surface area (Å²) in [5.74, 6) is 1.02. The predicted octanol–water partition coefficient (Wildman–Crippen LogP) is 1.66. The van der Waals surface area contributed by atoms with Crippen molar-refractivity contribution in [2.75, 3.05) is 16.8 Å². The molecule has 0 aliphatic carbocycles. The van der Waals surface area contributed by atoms with E-state index in [0.717, 1.165) is 11.5 Å². The van der Waals surface area contributed by atoms with E-state index in [4.69, 9.17) is 0 Å². The number of carbonyl (C=O) groups is 1. The molecule has 2 heterocycles. The van der Waals surface area contributed by atoms with Crippen LogP contribution in [0.3, 0.4) is 0 Å². The van der Waals surface area contributed by atoms with Crippen LogP contribution in [0.2, 0.25) is 0 Å². The number of likely N-dealkylation sites (N-methyl/N-ethyl adjacent to an activating group) is 1. The third-order valence-corrected chi connectivity index (χ3v) is 3.03. The molecule has 4 heteroatoms. The monoisotopic (exact) mass is 219 g/mol. The second-order valence-corrected chi connectivity index (χ2v) is 4.42.